The van der Waals surface area contributed by atoms with E-state index in [1.165, 1.54) is 6.42 Å². The average molecular weight is 931 g/mol. The first-order valence-electron chi connectivity index (χ1n) is 26.0. The predicted octanol–water partition coefficient (Wildman–Crippen LogP) is 17.4. The number of carbonyl (C=O) groups excluding carboxylic acids is 3. The molecule has 6 heteroatoms. The molecule has 0 aromatic carbocycles. The van der Waals surface area contributed by atoms with E-state index in [0.717, 1.165) is 116 Å². The van der Waals surface area contributed by atoms with Crippen molar-refractivity contribution >= 4 is 17.9 Å². The summed E-state index contributed by atoms with van der Waals surface area (Å²) in [5, 5.41) is 0. The molecule has 0 amide bonds. The Balaban J connectivity index is 4.64. The zero-order valence-corrected chi connectivity index (χ0v) is 42.5. The molecule has 0 radical (unpaired) electrons. The lowest BCUT2D eigenvalue weighted by atomic mass is 10.1. The minimum absolute atomic E-state index is 0.128. The van der Waals surface area contributed by atoms with Crippen LogP contribution >= 0.6 is 0 Å². The second-order valence-corrected chi connectivity index (χ2v) is 16.3. The van der Waals surface area contributed by atoms with E-state index in [1.54, 1.807) is 0 Å². The maximum atomic E-state index is 12.8. The normalized spacial score (nSPS) is 13.6. The Morgan fingerprint density at radius 1 is 0.309 bits per heavy atom. The summed E-state index contributed by atoms with van der Waals surface area (Å²) < 4.78 is 16.7. The summed E-state index contributed by atoms with van der Waals surface area (Å²) in [6, 6.07) is 0. The van der Waals surface area contributed by atoms with Crippen LogP contribution < -0.4 is 0 Å². The van der Waals surface area contributed by atoms with Crippen molar-refractivity contribution in [2.75, 3.05) is 13.2 Å². The predicted molar refractivity (Wildman–Crippen MR) is 292 cm³/mol. The highest BCUT2D eigenvalue weighted by atomic mass is 16.6. The monoisotopic (exact) mass is 931 g/mol. The first-order chi connectivity index (χ1) is 33.5. The van der Waals surface area contributed by atoms with Gasteiger partial charge in [-0.25, -0.2) is 0 Å². The summed E-state index contributed by atoms with van der Waals surface area (Å²) in [7, 11) is 0. The van der Waals surface area contributed by atoms with Gasteiger partial charge in [-0.2, -0.15) is 0 Å². The van der Waals surface area contributed by atoms with Crippen LogP contribution in [0.15, 0.2) is 182 Å². The van der Waals surface area contributed by atoms with Crippen molar-refractivity contribution in [2.45, 2.75) is 175 Å². The van der Waals surface area contributed by atoms with Crippen LogP contribution in [-0.2, 0) is 28.6 Å². The van der Waals surface area contributed by atoms with E-state index in [0.29, 0.717) is 19.3 Å². The van der Waals surface area contributed by atoms with E-state index >= 15 is 0 Å². The van der Waals surface area contributed by atoms with E-state index < -0.39 is 6.10 Å². The molecule has 6 nitrogen and oxygen atoms in total. The van der Waals surface area contributed by atoms with Gasteiger partial charge in [-0.15, -0.1) is 0 Å². The van der Waals surface area contributed by atoms with Crippen LogP contribution in [0.3, 0.4) is 0 Å². The molecule has 374 valence electrons. The van der Waals surface area contributed by atoms with Crippen LogP contribution in [0.4, 0.5) is 0 Å². The van der Waals surface area contributed by atoms with Gasteiger partial charge in [-0.05, 0) is 77.0 Å². The summed E-state index contributed by atoms with van der Waals surface area (Å²) >= 11 is 0. The maximum absolute atomic E-state index is 12.8. The van der Waals surface area contributed by atoms with Gasteiger partial charge in [0.25, 0.3) is 0 Å². The maximum Gasteiger partial charge on any atom is 0.306 e. The lowest BCUT2D eigenvalue weighted by Gasteiger charge is -2.18. The number of esters is 3. The molecule has 0 heterocycles. The fourth-order valence-electron chi connectivity index (χ4n) is 6.16. The van der Waals surface area contributed by atoms with Gasteiger partial charge in [-0.3, -0.25) is 14.4 Å². The van der Waals surface area contributed by atoms with Gasteiger partial charge >= 0.3 is 17.9 Å². The molecular weight excluding hydrogens is 841 g/mol. The molecule has 0 spiro atoms. The van der Waals surface area contributed by atoms with Crippen molar-refractivity contribution in [3.63, 3.8) is 0 Å². The Labute approximate surface area is 414 Å². The largest absolute Gasteiger partial charge is 0.462 e. The number of allylic oxidation sites excluding steroid dienone is 30. The number of hydrogen-bond donors (Lipinski definition) is 0. The summed E-state index contributed by atoms with van der Waals surface area (Å²) in [6.07, 6.45) is 81.4. The van der Waals surface area contributed by atoms with E-state index in [-0.39, 0.29) is 37.5 Å². The molecule has 0 fully saturated rings. The number of carbonyl (C=O) groups is 3. The fourth-order valence-corrected chi connectivity index (χ4v) is 6.16. The van der Waals surface area contributed by atoms with Crippen LogP contribution in [0.2, 0.25) is 0 Å². The van der Waals surface area contributed by atoms with Gasteiger partial charge in [-0.1, -0.05) is 254 Å². The topological polar surface area (TPSA) is 78.9 Å². The molecule has 0 aliphatic heterocycles. The van der Waals surface area contributed by atoms with Crippen LogP contribution in [0.1, 0.15) is 168 Å². The van der Waals surface area contributed by atoms with Crippen LogP contribution in [0.5, 0.6) is 0 Å². The lowest BCUT2D eigenvalue weighted by Crippen LogP contribution is -2.30. The minimum Gasteiger partial charge on any atom is -0.462 e. The first kappa shape index (κ1) is 62.5. The van der Waals surface area contributed by atoms with E-state index in [1.807, 2.05) is 122 Å². The third-order valence-electron chi connectivity index (χ3n) is 9.99. The summed E-state index contributed by atoms with van der Waals surface area (Å²) in [5.74, 6) is -1.04. The Hall–Kier alpha value is -5.49. The van der Waals surface area contributed by atoms with Crippen LogP contribution in [0, 0.1) is 0 Å². The molecule has 0 aliphatic rings. The Morgan fingerprint density at radius 3 is 0.912 bits per heavy atom. The number of rotatable bonds is 43. The number of ether oxygens (including phenoxy) is 3. The van der Waals surface area contributed by atoms with E-state index in [9.17, 15) is 14.4 Å². The Bertz CT molecular complexity index is 1680. The van der Waals surface area contributed by atoms with Gasteiger partial charge in [0.2, 0.25) is 0 Å². The van der Waals surface area contributed by atoms with Gasteiger partial charge in [0.1, 0.15) is 13.2 Å². The smallest absolute Gasteiger partial charge is 0.306 e. The molecule has 0 saturated heterocycles. The van der Waals surface area contributed by atoms with Crippen molar-refractivity contribution in [3.8, 4) is 0 Å². The standard InChI is InChI=1S/C62H90O6/c1-4-7-10-13-16-19-22-25-28-30-32-34-37-40-43-46-49-52-55-61(64)67-58-59(57-66-60(63)54-51-48-45-42-39-36-33-27-24-21-18-15-12-9-6-3)68-62(65)56-53-50-47-44-41-38-35-31-29-26-23-20-17-14-11-8-5-2/h8-35,38,41,59H,4-7,36-37,39-40,42-58H2,1-3H3/b11-8-,12-9-,13-10-,17-14-,18-15-,19-16-,23-20-,24-21-,25-22-,29-26-,30-28-,33-27-,34-32-,35-31+,41-38-. The SMILES string of the molecule is CC\C=C/C=C\C=C/C=C\C=C\C=C/CCCCCC(=O)OC(COC(=O)CCCCCCC\C=C/C=C\C=C/C=C\C=C/CCC)COC(=O)CCCCCCC\C=C/C=C\C=C/C=C\CC. The van der Waals surface area contributed by atoms with Crippen molar-refractivity contribution in [1.82, 2.24) is 0 Å². The zero-order valence-electron chi connectivity index (χ0n) is 42.5. The minimum atomic E-state index is -0.834. The molecule has 0 saturated carbocycles. The molecule has 0 aliphatic carbocycles. The third-order valence-corrected chi connectivity index (χ3v) is 9.99. The van der Waals surface area contributed by atoms with Crippen molar-refractivity contribution in [1.29, 1.82) is 0 Å². The first-order valence-corrected chi connectivity index (χ1v) is 26.0. The average Bonchev–Trinajstić information content (AvgIpc) is 3.34. The zero-order chi connectivity index (χ0) is 49.3. The van der Waals surface area contributed by atoms with Crippen molar-refractivity contribution in [3.05, 3.63) is 182 Å². The Morgan fingerprint density at radius 2 is 0.574 bits per heavy atom. The lowest BCUT2D eigenvalue weighted by molar-refractivity contribution is -0.167. The van der Waals surface area contributed by atoms with Gasteiger partial charge < -0.3 is 14.2 Å². The van der Waals surface area contributed by atoms with Crippen LogP contribution in [0.25, 0.3) is 0 Å². The molecule has 0 N–H and O–H groups in total. The quantitative estimate of drug-likeness (QED) is 0.0262. The molecule has 0 aromatic rings. The van der Waals surface area contributed by atoms with E-state index in [2.05, 4.69) is 81.5 Å². The summed E-state index contributed by atoms with van der Waals surface area (Å²) in [6.45, 7) is 6.15. The molecule has 1 unspecified atom stereocenters. The highest BCUT2D eigenvalue weighted by molar-refractivity contribution is 5.71. The van der Waals surface area contributed by atoms with Gasteiger partial charge in [0.15, 0.2) is 6.10 Å². The second kappa shape index (κ2) is 54.1. The highest BCUT2D eigenvalue weighted by Gasteiger charge is 2.19. The number of hydrogen-bond acceptors (Lipinski definition) is 6. The molecule has 0 rings (SSSR count). The molecular formula is C62H90O6. The number of unbranched alkanes of at least 4 members (excludes halogenated alkanes) is 14. The molecule has 1 atom stereocenters. The van der Waals surface area contributed by atoms with Gasteiger partial charge in [0.05, 0.1) is 0 Å². The summed E-state index contributed by atoms with van der Waals surface area (Å²) in [5.41, 5.74) is 0. The fraction of sp³-hybridized carbons (Fsp3) is 0.468. The summed E-state index contributed by atoms with van der Waals surface area (Å²) in [4.78, 5) is 38.1. The van der Waals surface area contributed by atoms with Crippen LogP contribution in [-0.4, -0.2) is 37.2 Å². The second-order valence-electron chi connectivity index (χ2n) is 16.3. The molecule has 68 heavy (non-hydrogen) atoms. The van der Waals surface area contributed by atoms with E-state index in [4.69, 9.17) is 14.2 Å². The molecule has 0 bridgehead atoms. The highest BCUT2D eigenvalue weighted by Crippen LogP contribution is 2.12. The molecule has 0 aromatic heterocycles. The van der Waals surface area contributed by atoms with Crippen molar-refractivity contribution in [2.24, 2.45) is 0 Å². The third kappa shape index (κ3) is 51.5. The van der Waals surface area contributed by atoms with Gasteiger partial charge in [0, 0.05) is 19.3 Å². The Kier molecular flexibility index (Phi) is 49.7. The van der Waals surface area contributed by atoms with Crippen molar-refractivity contribution < 1.29 is 28.6 Å².